The summed E-state index contributed by atoms with van der Waals surface area (Å²) in [7, 11) is 0. The number of carbonyl (C=O) groups is 2. The maximum Gasteiger partial charge on any atom is 0.410 e. The maximum atomic E-state index is 13.3. The summed E-state index contributed by atoms with van der Waals surface area (Å²) in [5.74, 6) is -5.79. The van der Waals surface area contributed by atoms with Gasteiger partial charge < -0.3 is 14.7 Å². The van der Waals surface area contributed by atoms with Gasteiger partial charge in [0.1, 0.15) is 5.60 Å². The van der Waals surface area contributed by atoms with Gasteiger partial charge in [0.25, 0.3) is 5.92 Å². The monoisotopic (exact) mass is 265 g/mol. The summed E-state index contributed by atoms with van der Waals surface area (Å²) >= 11 is 0. The normalized spacial score (nSPS) is 23.6. The number of aliphatic carboxylic acids is 1. The topological polar surface area (TPSA) is 66.8 Å². The number of likely N-dealkylation sites (tertiary alicyclic amines) is 1. The Morgan fingerprint density at radius 2 is 1.94 bits per heavy atom. The largest absolute Gasteiger partial charge is 0.481 e. The molecule has 1 aliphatic heterocycles. The lowest BCUT2D eigenvalue weighted by molar-refractivity contribution is -0.152. The van der Waals surface area contributed by atoms with Gasteiger partial charge in [0.15, 0.2) is 0 Å². The third kappa shape index (κ3) is 4.12. The standard InChI is InChI=1S/C11H17F2NO4/c1-10(2,3)18-9(17)14-5-7(8(15)16)4-11(12,13)6-14/h7H,4-6H2,1-3H3,(H,15,16). The first kappa shape index (κ1) is 14.7. The minimum absolute atomic E-state index is 0.250. The summed E-state index contributed by atoms with van der Waals surface area (Å²) in [6.07, 6.45) is -1.66. The van der Waals surface area contributed by atoms with Crippen molar-refractivity contribution >= 4 is 12.1 Å². The molecule has 7 heteroatoms. The van der Waals surface area contributed by atoms with Crippen LogP contribution >= 0.6 is 0 Å². The van der Waals surface area contributed by atoms with E-state index in [0.29, 0.717) is 0 Å². The Bertz CT molecular complexity index is 351. The summed E-state index contributed by atoms with van der Waals surface area (Å²) in [5.41, 5.74) is -0.803. The van der Waals surface area contributed by atoms with Gasteiger partial charge in [-0.05, 0) is 20.8 Å². The van der Waals surface area contributed by atoms with E-state index in [0.717, 1.165) is 4.90 Å². The van der Waals surface area contributed by atoms with E-state index in [1.54, 1.807) is 20.8 Å². The van der Waals surface area contributed by atoms with Crippen molar-refractivity contribution in [1.29, 1.82) is 0 Å². The molecule has 104 valence electrons. The number of amides is 1. The van der Waals surface area contributed by atoms with Crippen molar-refractivity contribution in [2.24, 2.45) is 5.92 Å². The van der Waals surface area contributed by atoms with E-state index < -0.39 is 42.5 Å². The number of alkyl halides is 2. The first-order chi connectivity index (χ1) is 8.00. The lowest BCUT2D eigenvalue weighted by atomic mass is 9.96. The van der Waals surface area contributed by atoms with Gasteiger partial charge in [0, 0.05) is 13.0 Å². The molecule has 1 rings (SSSR count). The highest BCUT2D eigenvalue weighted by Crippen LogP contribution is 2.31. The number of hydrogen-bond donors (Lipinski definition) is 1. The molecular weight excluding hydrogens is 248 g/mol. The molecule has 5 nitrogen and oxygen atoms in total. The second-order valence-corrected chi connectivity index (χ2v) is 5.46. The van der Waals surface area contributed by atoms with Crippen LogP contribution in [0.3, 0.4) is 0 Å². The number of carboxylic acid groups (broad SMARTS) is 1. The van der Waals surface area contributed by atoms with E-state index in [9.17, 15) is 18.4 Å². The van der Waals surface area contributed by atoms with Crippen molar-refractivity contribution in [1.82, 2.24) is 4.90 Å². The van der Waals surface area contributed by atoms with Crippen molar-refractivity contribution in [2.75, 3.05) is 13.1 Å². The molecule has 0 bridgehead atoms. The molecule has 1 heterocycles. The molecule has 0 aromatic carbocycles. The van der Waals surface area contributed by atoms with Crippen molar-refractivity contribution in [3.8, 4) is 0 Å². The molecule has 1 unspecified atom stereocenters. The van der Waals surface area contributed by atoms with E-state index >= 15 is 0 Å². The molecule has 0 aromatic rings. The molecule has 1 amide bonds. The highest BCUT2D eigenvalue weighted by Gasteiger charge is 2.45. The van der Waals surface area contributed by atoms with Gasteiger partial charge in [-0.2, -0.15) is 0 Å². The van der Waals surface area contributed by atoms with Crippen molar-refractivity contribution in [3.05, 3.63) is 0 Å². The minimum atomic E-state index is -3.20. The van der Waals surface area contributed by atoms with Crippen molar-refractivity contribution in [3.63, 3.8) is 0 Å². The van der Waals surface area contributed by atoms with Crippen LogP contribution in [0.2, 0.25) is 0 Å². The summed E-state index contributed by atoms with van der Waals surface area (Å²) < 4.78 is 31.7. The Morgan fingerprint density at radius 3 is 2.39 bits per heavy atom. The van der Waals surface area contributed by atoms with Crippen LogP contribution in [0.1, 0.15) is 27.2 Å². The van der Waals surface area contributed by atoms with Crippen molar-refractivity contribution in [2.45, 2.75) is 38.7 Å². The SMILES string of the molecule is CC(C)(C)OC(=O)N1CC(C(=O)O)CC(F)(F)C1. The van der Waals surface area contributed by atoms with E-state index in [2.05, 4.69) is 0 Å². The van der Waals surface area contributed by atoms with E-state index in [1.165, 1.54) is 0 Å². The van der Waals surface area contributed by atoms with E-state index in [4.69, 9.17) is 9.84 Å². The Labute approximate surface area is 104 Å². The fourth-order valence-electron chi connectivity index (χ4n) is 1.73. The molecule has 1 atom stereocenters. The number of carbonyl (C=O) groups excluding carboxylic acids is 1. The molecule has 0 radical (unpaired) electrons. The number of rotatable bonds is 1. The predicted molar refractivity (Wildman–Crippen MR) is 58.5 cm³/mol. The van der Waals surface area contributed by atoms with Crippen molar-refractivity contribution < 1.29 is 28.2 Å². The molecule has 1 saturated heterocycles. The Balaban J connectivity index is 2.76. The highest BCUT2D eigenvalue weighted by atomic mass is 19.3. The Kier molecular flexibility index (Phi) is 3.83. The van der Waals surface area contributed by atoms with Crippen LogP contribution in [0.15, 0.2) is 0 Å². The fourth-order valence-corrected chi connectivity index (χ4v) is 1.73. The zero-order valence-corrected chi connectivity index (χ0v) is 10.6. The lowest BCUT2D eigenvalue weighted by Gasteiger charge is -2.36. The molecule has 1 aliphatic rings. The highest BCUT2D eigenvalue weighted by molar-refractivity contribution is 5.73. The smallest absolute Gasteiger partial charge is 0.410 e. The fraction of sp³-hybridized carbons (Fsp3) is 0.818. The molecule has 1 N–H and O–H groups in total. The van der Waals surface area contributed by atoms with Gasteiger partial charge in [-0.1, -0.05) is 0 Å². The van der Waals surface area contributed by atoms with Crippen LogP contribution in [0.4, 0.5) is 13.6 Å². The second kappa shape index (κ2) is 4.70. The minimum Gasteiger partial charge on any atom is -0.481 e. The van der Waals surface area contributed by atoms with Gasteiger partial charge in [-0.25, -0.2) is 13.6 Å². The van der Waals surface area contributed by atoms with E-state index in [-0.39, 0.29) is 6.54 Å². The Morgan fingerprint density at radius 1 is 1.39 bits per heavy atom. The van der Waals surface area contributed by atoms with Gasteiger partial charge in [0.2, 0.25) is 0 Å². The van der Waals surface area contributed by atoms with E-state index in [1.807, 2.05) is 0 Å². The average molecular weight is 265 g/mol. The number of piperidine rings is 1. The molecule has 18 heavy (non-hydrogen) atoms. The van der Waals surface area contributed by atoms with Gasteiger partial charge in [0.05, 0.1) is 12.5 Å². The maximum absolute atomic E-state index is 13.3. The quantitative estimate of drug-likeness (QED) is 0.787. The molecule has 0 saturated carbocycles. The number of hydrogen-bond acceptors (Lipinski definition) is 3. The van der Waals surface area contributed by atoms with Gasteiger partial charge in [-0.3, -0.25) is 4.79 Å². The first-order valence-corrected chi connectivity index (χ1v) is 5.59. The van der Waals surface area contributed by atoms with Crippen LogP contribution in [0, 0.1) is 5.92 Å². The first-order valence-electron chi connectivity index (χ1n) is 5.59. The van der Waals surface area contributed by atoms with Crippen LogP contribution in [0.5, 0.6) is 0 Å². The number of halogens is 2. The summed E-state index contributed by atoms with van der Waals surface area (Å²) in [4.78, 5) is 23.2. The van der Waals surface area contributed by atoms with Crippen LogP contribution in [0.25, 0.3) is 0 Å². The van der Waals surface area contributed by atoms with Crippen LogP contribution in [-0.2, 0) is 9.53 Å². The van der Waals surface area contributed by atoms with Gasteiger partial charge >= 0.3 is 12.1 Å². The second-order valence-electron chi connectivity index (χ2n) is 5.46. The summed E-state index contributed by atoms with van der Waals surface area (Å²) in [5, 5.41) is 8.79. The van der Waals surface area contributed by atoms with Crippen LogP contribution in [-0.4, -0.2) is 46.7 Å². The summed E-state index contributed by atoms with van der Waals surface area (Å²) in [6.45, 7) is 3.79. The Hall–Kier alpha value is -1.40. The third-order valence-corrected chi connectivity index (χ3v) is 2.41. The molecule has 0 aliphatic carbocycles. The zero-order valence-electron chi connectivity index (χ0n) is 10.6. The summed E-state index contributed by atoms with van der Waals surface area (Å²) in [6, 6.07) is 0. The molecule has 0 spiro atoms. The lowest BCUT2D eigenvalue weighted by Crippen LogP contribution is -2.52. The number of carboxylic acids is 1. The number of ether oxygens (including phenoxy) is 1. The van der Waals surface area contributed by atoms with Gasteiger partial charge in [-0.15, -0.1) is 0 Å². The third-order valence-electron chi connectivity index (χ3n) is 2.41. The molecule has 1 fully saturated rings. The van der Waals surface area contributed by atoms with Crippen LogP contribution < -0.4 is 0 Å². The number of nitrogens with zero attached hydrogens (tertiary/aromatic N) is 1. The average Bonchev–Trinajstić information content (AvgIpc) is 2.12. The zero-order chi connectivity index (χ0) is 14.1. The predicted octanol–water partition coefficient (Wildman–Crippen LogP) is 1.96. The molecule has 0 aromatic heterocycles. The molecular formula is C11H17F2NO4.